The average molecular weight is 335 g/mol. The first kappa shape index (κ1) is 14.1. The summed E-state index contributed by atoms with van der Waals surface area (Å²) in [7, 11) is 1.68. The Hall–Kier alpha value is -0.290. The Morgan fingerprint density at radius 2 is 2.28 bits per heavy atom. The molecule has 1 atom stereocenters. The fraction of sp³-hybridized carbons (Fsp3) is 0.538. The SMILES string of the molecule is COCC(CNC1CC1)Oc1cc(Br)ccc1Cl. The normalized spacial score (nSPS) is 16.6. The first-order valence-corrected chi connectivity index (χ1v) is 7.20. The molecule has 1 saturated carbocycles. The molecule has 0 amide bonds. The molecule has 100 valence electrons. The number of hydrogen-bond donors (Lipinski definition) is 1. The molecule has 1 aliphatic carbocycles. The van der Waals surface area contributed by atoms with Gasteiger partial charge in [-0.05, 0) is 31.0 Å². The Kier molecular flexibility index (Phi) is 5.30. The van der Waals surface area contributed by atoms with Crippen molar-refractivity contribution in [2.45, 2.75) is 25.0 Å². The van der Waals surface area contributed by atoms with Crippen LogP contribution in [0.5, 0.6) is 5.75 Å². The molecule has 1 aliphatic rings. The molecule has 0 bridgehead atoms. The number of methoxy groups -OCH3 is 1. The van der Waals surface area contributed by atoms with E-state index in [1.165, 1.54) is 12.8 Å². The van der Waals surface area contributed by atoms with E-state index in [4.69, 9.17) is 21.1 Å². The number of rotatable bonds is 7. The molecular weight excluding hydrogens is 318 g/mol. The lowest BCUT2D eigenvalue weighted by Crippen LogP contribution is -2.36. The second kappa shape index (κ2) is 6.75. The van der Waals surface area contributed by atoms with Crippen LogP contribution in [-0.4, -0.2) is 32.4 Å². The number of hydrogen-bond acceptors (Lipinski definition) is 3. The maximum absolute atomic E-state index is 6.11. The van der Waals surface area contributed by atoms with Crippen molar-refractivity contribution in [3.8, 4) is 5.75 Å². The first-order valence-electron chi connectivity index (χ1n) is 6.03. The molecule has 18 heavy (non-hydrogen) atoms. The van der Waals surface area contributed by atoms with Crippen LogP contribution in [0.1, 0.15) is 12.8 Å². The highest BCUT2D eigenvalue weighted by molar-refractivity contribution is 9.10. The van der Waals surface area contributed by atoms with Crippen LogP contribution in [0.4, 0.5) is 0 Å². The van der Waals surface area contributed by atoms with Gasteiger partial charge in [0.1, 0.15) is 11.9 Å². The summed E-state index contributed by atoms with van der Waals surface area (Å²) in [6, 6.07) is 6.25. The predicted molar refractivity (Wildman–Crippen MR) is 76.5 cm³/mol. The zero-order valence-corrected chi connectivity index (χ0v) is 12.6. The van der Waals surface area contributed by atoms with Gasteiger partial charge in [-0.15, -0.1) is 0 Å². The fourth-order valence-electron chi connectivity index (χ4n) is 1.65. The van der Waals surface area contributed by atoms with Crippen LogP contribution in [0.2, 0.25) is 5.02 Å². The van der Waals surface area contributed by atoms with E-state index in [-0.39, 0.29) is 6.10 Å². The standard InChI is InChI=1S/C13H17BrClNO2/c1-17-8-11(7-16-10-3-4-10)18-13-6-9(14)2-5-12(13)15/h2,5-6,10-11,16H,3-4,7-8H2,1H3. The molecule has 0 aliphatic heterocycles. The van der Waals surface area contributed by atoms with Gasteiger partial charge in [0.05, 0.1) is 11.6 Å². The van der Waals surface area contributed by atoms with Crippen LogP contribution in [0.25, 0.3) is 0 Å². The monoisotopic (exact) mass is 333 g/mol. The minimum atomic E-state index is -0.0256. The van der Waals surface area contributed by atoms with E-state index < -0.39 is 0 Å². The van der Waals surface area contributed by atoms with Gasteiger partial charge in [-0.2, -0.15) is 0 Å². The minimum absolute atomic E-state index is 0.0256. The summed E-state index contributed by atoms with van der Waals surface area (Å²) in [4.78, 5) is 0. The van der Waals surface area contributed by atoms with Crippen LogP contribution in [-0.2, 0) is 4.74 Å². The van der Waals surface area contributed by atoms with Gasteiger partial charge in [-0.25, -0.2) is 0 Å². The van der Waals surface area contributed by atoms with Crippen molar-refractivity contribution >= 4 is 27.5 Å². The van der Waals surface area contributed by atoms with Crippen molar-refractivity contribution < 1.29 is 9.47 Å². The van der Waals surface area contributed by atoms with Crippen molar-refractivity contribution in [1.82, 2.24) is 5.32 Å². The Labute approximate surface area is 121 Å². The molecule has 0 heterocycles. The lowest BCUT2D eigenvalue weighted by Gasteiger charge is -2.20. The Morgan fingerprint density at radius 1 is 1.50 bits per heavy atom. The van der Waals surface area contributed by atoms with Crippen LogP contribution in [0.3, 0.4) is 0 Å². The van der Waals surface area contributed by atoms with Crippen molar-refractivity contribution in [3.05, 3.63) is 27.7 Å². The number of benzene rings is 1. The zero-order chi connectivity index (χ0) is 13.0. The summed E-state index contributed by atoms with van der Waals surface area (Å²) < 4.78 is 12.0. The third kappa shape index (κ3) is 4.43. The minimum Gasteiger partial charge on any atom is -0.485 e. The summed E-state index contributed by atoms with van der Waals surface area (Å²) in [5.41, 5.74) is 0. The summed E-state index contributed by atoms with van der Waals surface area (Å²) >= 11 is 9.52. The van der Waals surface area contributed by atoms with Crippen molar-refractivity contribution in [2.24, 2.45) is 0 Å². The zero-order valence-electron chi connectivity index (χ0n) is 10.3. The molecular formula is C13H17BrClNO2. The van der Waals surface area contributed by atoms with E-state index in [9.17, 15) is 0 Å². The highest BCUT2D eigenvalue weighted by Crippen LogP contribution is 2.29. The molecule has 1 unspecified atom stereocenters. The van der Waals surface area contributed by atoms with Gasteiger partial charge in [-0.1, -0.05) is 27.5 Å². The quantitative estimate of drug-likeness (QED) is 0.830. The summed E-state index contributed by atoms with van der Waals surface area (Å²) in [5.74, 6) is 0.686. The second-order valence-corrected chi connectivity index (χ2v) is 5.78. The largest absolute Gasteiger partial charge is 0.485 e. The predicted octanol–water partition coefficient (Wildman–Crippen LogP) is 3.25. The lowest BCUT2D eigenvalue weighted by molar-refractivity contribution is 0.0804. The number of halogens is 2. The van der Waals surface area contributed by atoms with E-state index in [1.807, 2.05) is 18.2 Å². The highest BCUT2D eigenvalue weighted by atomic mass is 79.9. The topological polar surface area (TPSA) is 30.5 Å². The van der Waals surface area contributed by atoms with Crippen molar-refractivity contribution in [3.63, 3.8) is 0 Å². The highest BCUT2D eigenvalue weighted by Gasteiger charge is 2.22. The first-order chi connectivity index (χ1) is 8.69. The molecule has 3 nitrogen and oxygen atoms in total. The second-order valence-electron chi connectivity index (χ2n) is 4.45. The molecule has 2 rings (SSSR count). The van der Waals surface area contributed by atoms with Gasteiger partial charge < -0.3 is 14.8 Å². The molecule has 0 aromatic heterocycles. The Balaban J connectivity index is 1.94. The van der Waals surface area contributed by atoms with Crippen LogP contribution in [0, 0.1) is 0 Å². The maximum atomic E-state index is 6.11. The van der Waals surface area contributed by atoms with Crippen LogP contribution < -0.4 is 10.1 Å². The van der Waals surface area contributed by atoms with E-state index >= 15 is 0 Å². The molecule has 0 spiro atoms. The van der Waals surface area contributed by atoms with Gasteiger partial charge >= 0.3 is 0 Å². The average Bonchev–Trinajstić information content (AvgIpc) is 3.15. The Morgan fingerprint density at radius 3 is 2.94 bits per heavy atom. The molecule has 0 radical (unpaired) electrons. The van der Waals surface area contributed by atoms with Crippen LogP contribution >= 0.6 is 27.5 Å². The van der Waals surface area contributed by atoms with Gasteiger partial charge in [0.25, 0.3) is 0 Å². The Bertz CT molecular complexity index is 399. The van der Waals surface area contributed by atoms with E-state index in [0.717, 1.165) is 11.0 Å². The van der Waals surface area contributed by atoms with E-state index in [2.05, 4.69) is 21.2 Å². The fourth-order valence-corrected chi connectivity index (χ4v) is 2.16. The van der Waals surface area contributed by atoms with Gasteiger partial charge in [0, 0.05) is 24.2 Å². The van der Waals surface area contributed by atoms with Crippen molar-refractivity contribution in [2.75, 3.05) is 20.3 Å². The summed E-state index contributed by atoms with van der Waals surface area (Å²) in [6.45, 7) is 1.32. The van der Waals surface area contributed by atoms with Gasteiger partial charge in [-0.3, -0.25) is 0 Å². The van der Waals surface area contributed by atoms with Gasteiger partial charge in [0.2, 0.25) is 0 Å². The molecule has 1 aromatic carbocycles. The van der Waals surface area contributed by atoms with E-state index in [1.54, 1.807) is 7.11 Å². The molecule has 1 aromatic rings. The smallest absolute Gasteiger partial charge is 0.139 e. The third-order valence-electron chi connectivity index (χ3n) is 2.75. The summed E-state index contributed by atoms with van der Waals surface area (Å²) in [5, 5.41) is 4.05. The molecule has 0 saturated heterocycles. The third-order valence-corrected chi connectivity index (χ3v) is 3.56. The summed E-state index contributed by atoms with van der Waals surface area (Å²) in [6.07, 6.45) is 2.50. The number of nitrogens with one attached hydrogen (secondary N) is 1. The lowest BCUT2D eigenvalue weighted by atomic mass is 10.3. The number of ether oxygens (including phenoxy) is 2. The van der Waals surface area contributed by atoms with E-state index in [0.29, 0.717) is 23.4 Å². The van der Waals surface area contributed by atoms with Crippen LogP contribution in [0.15, 0.2) is 22.7 Å². The van der Waals surface area contributed by atoms with Gasteiger partial charge in [0.15, 0.2) is 0 Å². The molecule has 5 heteroatoms. The molecule has 1 fully saturated rings. The van der Waals surface area contributed by atoms with Crippen molar-refractivity contribution in [1.29, 1.82) is 0 Å². The maximum Gasteiger partial charge on any atom is 0.139 e. The molecule has 1 N–H and O–H groups in total.